The Morgan fingerprint density at radius 2 is 0.700 bits per heavy atom. The third-order valence-corrected chi connectivity index (χ3v) is 6.48. The molecule has 0 N–H and O–H groups in total. The molecule has 1 aromatic rings. The molecule has 17 heteroatoms. The molecule has 50 heavy (non-hydrogen) atoms. The quantitative estimate of drug-likeness (QED) is 0.0425. The minimum Gasteiger partial charge on any atom is -0.463 e. The fourth-order valence-corrected chi connectivity index (χ4v) is 3.95. The van der Waals surface area contributed by atoms with E-state index in [0.29, 0.717) is 64.0 Å². The number of nitrogens with zero attached hydrogens (tertiary/aromatic N) is 1. The SMILES string of the molecule is COCCOCCOC(=O)C(Cc1cncc(CC(C(=O)OCCOCCOC)C(=O)OCCOCCOC)c1)C(=O)OCCOCCOC. The summed E-state index contributed by atoms with van der Waals surface area (Å²) in [7, 11) is 6.14. The lowest BCUT2D eigenvalue weighted by atomic mass is 9.96. The maximum Gasteiger partial charge on any atom is 0.320 e. The molecule has 1 heterocycles. The van der Waals surface area contributed by atoms with Crippen molar-refractivity contribution in [3.05, 3.63) is 29.6 Å². The van der Waals surface area contributed by atoms with Crippen LogP contribution in [0.2, 0.25) is 0 Å². The van der Waals surface area contributed by atoms with Crippen molar-refractivity contribution in [3.63, 3.8) is 0 Å². The number of pyridine rings is 1. The smallest absolute Gasteiger partial charge is 0.320 e. The van der Waals surface area contributed by atoms with Crippen LogP contribution in [0.3, 0.4) is 0 Å². The van der Waals surface area contributed by atoms with E-state index in [1.807, 2.05) is 0 Å². The fourth-order valence-electron chi connectivity index (χ4n) is 3.95. The van der Waals surface area contributed by atoms with Crippen LogP contribution in [0.5, 0.6) is 0 Å². The summed E-state index contributed by atoms with van der Waals surface area (Å²) >= 11 is 0. The van der Waals surface area contributed by atoms with Gasteiger partial charge in [0, 0.05) is 40.8 Å². The van der Waals surface area contributed by atoms with E-state index in [9.17, 15) is 19.2 Å². The Bertz CT molecular complexity index is 925. The maximum absolute atomic E-state index is 13.0. The largest absolute Gasteiger partial charge is 0.463 e. The lowest BCUT2D eigenvalue weighted by molar-refractivity contribution is -0.165. The van der Waals surface area contributed by atoms with Gasteiger partial charge in [-0.05, 0) is 24.0 Å². The monoisotopic (exact) mass is 719 g/mol. The van der Waals surface area contributed by atoms with Gasteiger partial charge < -0.3 is 56.8 Å². The lowest BCUT2D eigenvalue weighted by Gasteiger charge is -2.17. The van der Waals surface area contributed by atoms with E-state index in [1.54, 1.807) is 6.07 Å². The Kier molecular flexibility index (Phi) is 27.3. The third-order valence-electron chi connectivity index (χ3n) is 6.48. The predicted octanol–water partition coefficient (Wildman–Crippen LogP) is 0.224. The second-order valence-corrected chi connectivity index (χ2v) is 10.3. The van der Waals surface area contributed by atoms with Gasteiger partial charge >= 0.3 is 23.9 Å². The van der Waals surface area contributed by atoms with Crippen LogP contribution in [0.15, 0.2) is 18.5 Å². The molecule has 1 rings (SSSR count). The van der Waals surface area contributed by atoms with Gasteiger partial charge in [-0.25, -0.2) is 0 Å². The summed E-state index contributed by atoms with van der Waals surface area (Å²) in [6, 6.07) is 1.62. The second kappa shape index (κ2) is 30.5. The molecule has 0 unspecified atom stereocenters. The average Bonchev–Trinajstić information content (AvgIpc) is 3.11. The van der Waals surface area contributed by atoms with Crippen LogP contribution in [0, 0.1) is 11.8 Å². The summed E-state index contributed by atoms with van der Waals surface area (Å²) in [5.41, 5.74) is 0.903. The molecule has 0 saturated carbocycles. The van der Waals surface area contributed by atoms with Crippen LogP contribution in [-0.4, -0.2) is 163 Å². The van der Waals surface area contributed by atoms with Crippen LogP contribution >= 0.6 is 0 Å². The second-order valence-electron chi connectivity index (χ2n) is 10.3. The molecular formula is C33H53NO16. The van der Waals surface area contributed by atoms with Crippen LogP contribution in [-0.2, 0) is 88.9 Å². The van der Waals surface area contributed by atoms with E-state index in [0.717, 1.165) is 0 Å². The molecule has 0 aliphatic heterocycles. The Morgan fingerprint density at radius 1 is 0.440 bits per heavy atom. The van der Waals surface area contributed by atoms with Crippen molar-refractivity contribution in [1.29, 1.82) is 0 Å². The van der Waals surface area contributed by atoms with E-state index in [2.05, 4.69) is 4.98 Å². The Hall–Kier alpha value is -3.29. The Morgan fingerprint density at radius 3 is 0.960 bits per heavy atom. The van der Waals surface area contributed by atoms with E-state index in [4.69, 9.17) is 56.8 Å². The highest BCUT2D eigenvalue weighted by atomic mass is 16.6. The van der Waals surface area contributed by atoms with Crippen LogP contribution < -0.4 is 0 Å². The first-order valence-corrected chi connectivity index (χ1v) is 16.2. The number of rotatable bonds is 32. The summed E-state index contributed by atoms with van der Waals surface area (Å²) < 4.78 is 62.2. The molecule has 0 spiro atoms. The molecule has 0 aromatic carbocycles. The topological polar surface area (TPSA) is 192 Å². The standard InChI is InChI=1S/C33H53NO16/c1-39-5-9-43-13-17-47-30(35)28(31(36)48-18-14-44-10-6-40-2)22-26-21-27(25-34-24-26)23-29(32(37)49-19-15-45-11-7-41-3)33(38)50-20-16-46-12-8-42-4/h21,24-25,28-29H,5-20,22-23H2,1-4H3. The first-order valence-electron chi connectivity index (χ1n) is 16.2. The molecule has 0 aliphatic carbocycles. The van der Waals surface area contributed by atoms with Crippen molar-refractivity contribution in [3.8, 4) is 0 Å². The molecule has 0 radical (unpaired) electrons. The Labute approximate surface area is 293 Å². The summed E-state index contributed by atoms with van der Waals surface area (Å²) in [4.78, 5) is 56.3. The molecule has 0 atom stereocenters. The summed E-state index contributed by atoms with van der Waals surface area (Å²) in [6.45, 7) is 2.81. The van der Waals surface area contributed by atoms with Crippen molar-refractivity contribution >= 4 is 23.9 Å². The number of carbonyl (C=O) groups excluding carboxylic acids is 4. The first-order chi connectivity index (χ1) is 24.4. The molecule has 286 valence electrons. The fraction of sp³-hybridized carbons (Fsp3) is 0.727. The maximum atomic E-state index is 13.0. The molecule has 0 saturated heterocycles. The van der Waals surface area contributed by atoms with Gasteiger partial charge in [-0.3, -0.25) is 24.2 Å². The zero-order chi connectivity index (χ0) is 36.7. The number of carbonyl (C=O) groups is 4. The lowest BCUT2D eigenvalue weighted by Crippen LogP contribution is -2.32. The molecule has 17 nitrogen and oxygen atoms in total. The van der Waals surface area contributed by atoms with Gasteiger partial charge in [0.05, 0.1) is 79.3 Å². The highest BCUT2D eigenvalue weighted by Gasteiger charge is 2.32. The number of hydrogen-bond acceptors (Lipinski definition) is 17. The number of esters is 4. The molecular weight excluding hydrogens is 666 g/mol. The molecule has 0 bridgehead atoms. The zero-order valence-electron chi connectivity index (χ0n) is 29.6. The van der Waals surface area contributed by atoms with Crippen molar-refractivity contribution in [2.24, 2.45) is 11.8 Å². The summed E-state index contributed by atoms with van der Waals surface area (Å²) in [5, 5.41) is 0. The van der Waals surface area contributed by atoms with E-state index < -0.39 is 35.7 Å². The number of ether oxygens (including phenoxy) is 12. The predicted molar refractivity (Wildman–Crippen MR) is 173 cm³/mol. The van der Waals surface area contributed by atoms with Crippen LogP contribution in [0.25, 0.3) is 0 Å². The van der Waals surface area contributed by atoms with Crippen molar-refractivity contribution < 1.29 is 76.0 Å². The minimum atomic E-state index is -1.34. The van der Waals surface area contributed by atoms with Crippen LogP contribution in [0.4, 0.5) is 0 Å². The van der Waals surface area contributed by atoms with Crippen LogP contribution in [0.1, 0.15) is 11.1 Å². The highest BCUT2D eigenvalue weighted by Crippen LogP contribution is 2.18. The summed E-state index contributed by atoms with van der Waals surface area (Å²) in [5.74, 6) is -5.95. The third kappa shape index (κ3) is 21.7. The van der Waals surface area contributed by atoms with Crippen molar-refractivity contribution in [2.75, 3.05) is 134 Å². The number of aromatic nitrogens is 1. The average molecular weight is 720 g/mol. The van der Waals surface area contributed by atoms with Gasteiger partial charge in [-0.15, -0.1) is 0 Å². The Balaban J connectivity index is 3.00. The van der Waals surface area contributed by atoms with Crippen molar-refractivity contribution in [1.82, 2.24) is 4.98 Å². The molecule has 0 aliphatic rings. The van der Waals surface area contributed by atoms with Gasteiger partial charge in [-0.1, -0.05) is 6.07 Å². The van der Waals surface area contributed by atoms with Gasteiger partial charge in [0.15, 0.2) is 11.8 Å². The van der Waals surface area contributed by atoms with E-state index >= 15 is 0 Å². The van der Waals surface area contributed by atoms with Gasteiger partial charge in [0.1, 0.15) is 26.4 Å². The van der Waals surface area contributed by atoms with Gasteiger partial charge in [-0.2, -0.15) is 0 Å². The number of methoxy groups -OCH3 is 4. The van der Waals surface area contributed by atoms with E-state index in [1.165, 1.54) is 40.8 Å². The first kappa shape index (κ1) is 44.7. The molecule has 1 aromatic heterocycles. The normalized spacial score (nSPS) is 11.2. The molecule has 0 amide bonds. The summed E-state index contributed by atoms with van der Waals surface area (Å²) in [6.07, 6.45) is 2.65. The van der Waals surface area contributed by atoms with Gasteiger partial charge in [0.2, 0.25) is 0 Å². The highest BCUT2D eigenvalue weighted by molar-refractivity contribution is 5.96. The van der Waals surface area contributed by atoms with Gasteiger partial charge in [0.25, 0.3) is 0 Å². The van der Waals surface area contributed by atoms with Crippen molar-refractivity contribution in [2.45, 2.75) is 12.8 Å². The zero-order valence-corrected chi connectivity index (χ0v) is 29.6. The van der Waals surface area contributed by atoms with E-state index in [-0.39, 0.29) is 65.7 Å². The molecule has 0 fully saturated rings. The number of hydrogen-bond donors (Lipinski definition) is 0. The minimum absolute atomic E-state index is 0.0918.